The van der Waals surface area contributed by atoms with E-state index in [1.165, 1.54) is 18.3 Å². The highest BCUT2D eigenvalue weighted by molar-refractivity contribution is 6.04. The molecule has 4 fully saturated rings. The molecule has 2 aromatic carbocycles. The Morgan fingerprint density at radius 2 is 1.92 bits per heavy atom. The van der Waals surface area contributed by atoms with Gasteiger partial charge in [0.25, 0.3) is 0 Å². The van der Waals surface area contributed by atoms with Gasteiger partial charge in [0.15, 0.2) is 5.82 Å². The minimum absolute atomic E-state index is 0.00434. The van der Waals surface area contributed by atoms with Gasteiger partial charge in [-0.15, -0.1) is 0 Å². The van der Waals surface area contributed by atoms with E-state index >= 15 is 8.78 Å². The molecule has 5 atom stereocenters. The van der Waals surface area contributed by atoms with E-state index in [-0.39, 0.29) is 53.4 Å². The van der Waals surface area contributed by atoms with E-state index < -0.39 is 41.0 Å². The molecule has 13 heteroatoms. The molecule has 2 N–H and O–H groups in total. The number of aliphatic hydroxyl groups excluding tert-OH is 1. The summed E-state index contributed by atoms with van der Waals surface area (Å²) in [5.41, 5.74) is -0.308. The van der Waals surface area contributed by atoms with Crippen LogP contribution in [0.1, 0.15) is 70.9 Å². The van der Waals surface area contributed by atoms with Crippen LogP contribution in [0, 0.1) is 23.5 Å². The van der Waals surface area contributed by atoms with Gasteiger partial charge < -0.3 is 24.6 Å². The average Bonchev–Trinajstić information content (AvgIpc) is 3.70. The molecule has 2 aromatic heterocycles. The maximum absolute atomic E-state index is 17.3. The van der Waals surface area contributed by atoms with Gasteiger partial charge in [-0.3, -0.25) is 9.88 Å². The number of aromatic nitrogens is 3. The number of aliphatic hydroxyl groups is 1. The maximum atomic E-state index is 17.3. The predicted octanol–water partition coefficient (Wildman–Crippen LogP) is 7.20. The number of anilines is 1. The average molecular weight is 720 g/mol. The molecule has 4 aliphatic rings. The number of alkyl halides is 1. The van der Waals surface area contributed by atoms with Crippen molar-refractivity contribution in [3.8, 4) is 23.0 Å². The second-order valence-electron chi connectivity index (χ2n) is 16.2. The van der Waals surface area contributed by atoms with Crippen LogP contribution in [-0.4, -0.2) is 86.8 Å². The lowest BCUT2D eigenvalue weighted by atomic mass is 9.80. The molecule has 0 unspecified atom stereocenters. The summed E-state index contributed by atoms with van der Waals surface area (Å²) >= 11 is 0. The first-order chi connectivity index (χ1) is 24.8. The zero-order chi connectivity index (χ0) is 36.7. The number of carboxylic acid groups (broad SMARTS) is 1. The zero-order valence-electron chi connectivity index (χ0n) is 29.9. The molecule has 0 radical (unpaired) electrons. The van der Waals surface area contributed by atoms with Gasteiger partial charge in [-0.2, -0.15) is 9.97 Å². The lowest BCUT2D eigenvalue weighted by Crippen LogP contribution is -2.43. The number of aryl methyl sites for hydroxylation is 1. The summed E-state index contributed by atoms with van der Waals surface area (Å²) in [6.45, 7) is 9.91. The van der Waals surface area contributed by atoms with E-state index in [0.717, 1.165) is 25.8 Å². The van der Waals surface area contributed by atoms with Crippen molar-refractivity contribution in [1.82, 2.24) is 19.9 Å². The van der Waals surface area contributed by atoms with E-state index in [4.69, 9.17) is 14.5 Å². The largest absolute Gasteiger partial charge is 0.511 e. The topological polar surface area (TPSA) is 121 Å². The highest BCUT2D eigenvalue weighted by Gasteiger charge is 2.49. The monoisotopic (exact) mass is 719 g/mol. The first kappa shape index (κ1) is 34.8. The van der Waals surface area contributed by atoms with Crippen LogP contribution < -0.4 is 14.4 Å². The molecule has 1 aliphatic carbocycles. The van der Waals surface area contributed by atoms with E-state index in [0.29, 0.717) is 65.6 Å². The Morgan fingerprint density at radius 1 is 1.12 bits per heavy atom. The standard InChI is InChI=1S/C39H44F3N5O5/c1-5-23-27(41)8-7-24-30(23)25(13-29(52-37(49)50)31(24)38(2,3)4)33-32(42)34-26(15-43-33)35(46-16-20-11-21(17-46)28(48)12-20)45-36(44-34)51-19-39-9-6-10-47(39)18-22(40)14-39/h7-8,13,15,20-22,28,48H,5-6,9-12,14,16-19H2,1-4H3,(H,49,50)/t20-,21-,22-,28-,39+/m1/s1. The Morgan fingerprint density at radius 3 is 2.65 bits per heavy atom. The molecule has 2 bridgehead atoms. The van der Waals surface area contributed by atoms with Crippen LogP contribution in [0.2, 0.25) is 0 Å². The fraction of sp³-hybridized carbons (Fsp3) is 0.538. The molecule has 10 nitrogen and oxygen atoms in total. The lowest BCUT2D eigenvalue weighted by Gasteiger charge is -2.34. The first-order valence-electron chi connectivity index (χ1n) is 18.3. The van der Waals surface area contributed by atoms with Crippen molar-refractivity contribution >= 4 is 33.6 Å². The highest BCUT2D eigenvalue weighted by Crippen LogP contribution is 2.47. The lowest BCUT2D eigenvalue weighted by molar-refractivity contribution is 0.107. The number of halogens is 3. The van der Waals surface area contributed by atoms with Crippen LogP contribution in [0.15, 0.2) is 24.4 Å². The van der Waals surface area contributed by atoms with Crippen LogP contribution >= 0.6 is 0 Å². The van der Waals surface area contributed by atoms with Crippen LogP contribution in [0.5, 0.6) is 11.8 Å². The predicted molar refractivity (Wildman–Crippen MR) is 190 cm³/mol. The van der Waals surface area contributed by atoms with Gasteiger partial charge in [-0.05, 0) is 78.5 Å². The second kappa shape index (κ2) is 12.7. The zero-order valence-corrected chi connectivity index (χ0v) is 29.9. The molecule has 0 spiro atoms. The van der Waals surface area contributed by atoms with E-state index in [2.05, 4.69) is 14.9 Å². The summed E-state index contributed by atoms with van der Waals surface area (Å²) in [6.07, 6.45) is 2.49. The van der Waals surface area contributed by atoms with Crippen molar-refractivity contribution in [2.45, 2.75) is 89.4 Å². The highest BCUT2D eigenvalue weighted by atomic mass is 19.1. The molecule has 5 heterocycles. The van der Waals surface area contributed by atoms with Crippen LogP contribution in [0.4, 0.5) is 23.8 Å². The quantitative estimate of drug-likeness (QED) is 0.150. The summed E-state index contributed by atoms with van der Waals surface area (Å²) in [4.78, 5) is 30.1. The van der Waals surface area contributed by atoms with Gasteiger partial charge >= 0.3 is 12.2 Å². The van der Waals surface area contributed by atoms with Crippen molar-refractivity contribution < 1.29 is 37.7 Å². The molecule has 8 rings (SSSR count). The number of carbonyl (C=O) groups is 1. The Bertz CT molecular complexity index is 2090. The number of hydrogen-bond acceptors (Lipinski definition) is 9. The normalized spacial score (nSPS) is 26.0. The number of nitrogens with zero attached hydrogens (tertiary/aromatic N) is 5. The van der Waals surface area contributed by atoms with Gasteiger partial charge in [-0.25, -0.2) is 18.0 Å². The summed E-state index contributed by atoms with van der Waals surface area (Å²) in [5, 5.41) is 21.7. The summed E-state index contributed by atoms with van der Waals surface area (Å²) < 4.78 is 59.1. The first-order valence-corrected chi connectivity index (χ1v) is 18.3. The van der Waals surface area contributed by atoms with Gasteiger partial charge in [0, 0.05) is 49.3 Å². The fourth-order valence-electron chi connectivity index (χ4n) is 9.59. The van der Waals surface area contributed by atoms with Crippen molar-refractivity contribution in [1.29, 1.82) is 0 Å². The molecule has 3 saturated heterocycles. The molecule has 0 amide bonds. The Hall–Kier alpha value is -4.23. The van der Waals surface area contributed by atoms with Gasteiger partial charge in [0.2, 0.25) is 0 Å². The van der Waals surface area contributed by atoms with E-state index in [1.54, 1.807) is 13.0 Å². The number of pyridine rings is 1. The number of benzene rings is 2. The van der Waals surface area contributed by atoms with E-state index in [1.807, 2.05) is 25.7 Å². The van der Waals surface area contributed by atoms with Gasteiger partial charge in [-0.1, -0.05) is 33.8 Å². The van der Waals surface area contributed by atoms with Crippen LogP contribution in [-0.2, 0) is 11.8 Å². The Kier molecular flexibility index (Phi) is 8.52. The van der Waals surface area contributed by atoms with Gasteiger partial charge in [0.1, 0.15) is 41.4 Å². The third-order valence-corrected chi connectivity index (χ3v) is 11.7. The summed E-state index contributed by atoms with van der Waals surface area (Å²) in [6, 6.07) is 4.28. The second-order valence-corrected chi connectivity index (χ2v) is 16.2. The number of ether oxygens (including phenoxy) is 2. The third kappa shape index (κ3) is 5.80. The number of hydrogen-bond donors (Lipinski definition) is 2. The molecule has 4 aromatic rings. The minimum atomic E-state index is -1.54. The minimum Gasteiger partial charge on any atom is -0.461 e. The van der Waals surface area contributed by atoms with Crippen molar-refractivity contribution in [3.05, 3.63) is 47.2 Å². The molecule has 276 valence electrons. The molecular formula is C39H44F3N5O5. The van der Waals surface area contributed by atoms with Crippen molar-refractivity contribution in [2.75, 3.05) is 37.7 Å². The molecule has 3 aliphatic heterocycles. The molecule has 1 saturated carbocycles. The fourth-order valence-corrected chi connectivity index (χ4v) is 9.59. The maximum Gasteiger partial charge on any atom is 0.511 e. The number of piperidine rings is 1. The Labute approximate surface area is 300 Å². The van der Waals surface area contributed by atoms with Crippen molar-refractivity contribution in [3.63, 3.8) is 0 Å². The van der Waals surface area contributed by atoms with Crippen LogP contribution in [0.3, 0.4) is 0 Å². The number of rotatable bonds is 7. The third-order valence-electron chi connectivity index (χ3n) is 11.7. The Balaban J connectivity index is 1.32. The van der Waals surface area contributed by atoms with Crippen molar-refractivity contribution in [2.24, 2.45) is 11.8 Å². The SMILES string of the molecule is CCc1c(F)ccc2c(C(C)(C)C)c(OC(=O)O)cc(-c3ncc4c(N5C[C@@H]6C[C@H](C5)[C@H](O)C6)nc(OC[C@@]56CCCN5C[C@H](F)C6)nc4c3F)c12. The van der Waals surface area contributed by atoms with Crippen LogP contribution in [0.25, 0.3) is 32.9 Å². The smallest absolute Gasteiger partial charge is 0.461 e. The summed E-state index contributed by atoms with van der Waals surface area (Å²) in [7, 11) is 0. The number of fused-ring (bicyclic) bond motifs is 5. The summed E-state index contributed by atoms with van der Waals surface area (Å²) in [5.74, 6) is -0.577. The molecule has 52 heavy (non-hydrogen) atoms. The molecular weight excluding hydrogens is 675 g/mol. The van der Waals surface area contributed by atoms with E-state index in [9.17, 15) is 19.4 Å². The van der Waals surface area contributed by atoms with Gasteiger partial charge in [0.05, 0.1) is 17.0 Å².